The number of nitrogens with two attached hydrogens (primary N) is 1. The maximum Gasteiger partial charge on any atom is 0.224 e. The Morgan fingerprint density at radius 2 is 1.86 bits per heavy atom. The van der Waals surface area contributed by atoms with Crippen molar-refractivity contribution in [2.24, 2.45) is 0 Å². The summed E-state index contributed by atoms with van der Waals surface area (Å²) in [5, 5.41) is 2.83. The number of nitrogens with one attached hydrogen (secondary N) is 1. The van der Waals surface area contributed by atoms with Crippen LogP contribution in [0.4, 0.5) is 11.4 Å². The van der Waals surface area contributed by atoms with Crippen molar-refractivity contribution in [3.05, 3.63) is 53.6 Å². The second-order valence-electron chi connectivity index (χ2n) is 5.45. The standard InChI is InChI=1S/C18H22N2O2/c1-13-9-14(2)11-17(10-13)22-8-4-7-18(21)20-16-6-3-5-15(19)12-16/h3,5-6,9-12H,4,7-8,19H2,1-2H3,(H,20,21). The molecule has 0 aromatic heterocycles. The van der Waals surface area contributed by atoms with Gasteiger partial charge in [-0.1, -0.05) is 12.1 Å². The fourth-order valence-electron chi connectivity index (χ4n) is 2.28. The molecule has 0 aliphatic rings. The summed E-state index contributed by atoms with van der Waals surface area (Å²) >= 11 is 0. The lowest BCUT2D eigenvalue weighted by Gasteiger charge is -2.09. The topological polar surface area (TPSA) is 64.3 Å². The molecule has 4 nitrogen and oxygen atoms in total. The van der Waals surface area contributed by atoms with Crippen LogP contribution in [-0.2, 0) is 4.79 Å². The average Bonchev–Trinajstić information content (AvgIpc) is 2.42. The van der Waals surface area contributed by atoms with Gasteiger partial charge in [0.2, 0.25) is 5.91 Å². The van der Waals surface area contributed by atoms with Gasteiger partial charge in [-0.2, -0.15) is 0 Å². The second kappa shape index (κ2) is 7.50. The smallest absolute Gasteiger partial charge is 0.224 e. The van der Waals surface area contributed by atoms with Gasteiger partial charge in [-0.3, -0.25) is 4.79 Å². The van der Waals surface area contributed by atoms with Crippen LogP contribution >= 0.6 is 0 Å². The number of aryl methyl sites for hydroxylation is 2. The van der Waals surface area contributed by atoms with Crippen LogP contribution in [0.5, 0.6) is 5.75 Å². The molecule has 0 saturated carbocycles. The lowest BCUT2D eigenvalue weighted by atomic mass is 10.1. The minimum atomic E-state index is -0.0328. The molecular weight excluding hydrogens is 276 g/mol. The Morgan fingerprint density at radius 1 is 1.14 bits per heavy atom. The van der Waals surface area contributed by atoms with Gasteiger partial charge in [0.05, 0.1) is 6.61 Å². The van der Waals surface area contributed by atoms with Crippen molar-refractivity contribution in [3.63, 3.8) is 0 Å². The van der Waals surface area contributed by atoms with E-state index in [9.17, 15) is 4.79 Å². The predicted molar refractivity (Wildman–Crippen MR) is 90.1 cm³/mol. The van der Waals surface area contributed by atoms with Crippen molar-refractivity contribution in [1.29, 1.82) is 0 Å². The summed E-state index contributed by atoms with van der Waals surface area (Å²) in [4.78, 5) is 11.8. The summed E-state index contributed by atoms with van der Waals surface area (Å²) in [6, 6.07) is 13.3. The van der Waals surface area contributed by atoms with Gasteiger partial charge in [-0.05, 0) is 61.7 Å². The van der Waals surface area contributed by atoms with E-state index in [-0.39, 0.29) is 5.91 Å². The number of amides is 1. The van der Waals surface area contributed by atoms with E-state index in [1.165, 1.54) is 11.1 Å². The summed E-state index contributed by atoms with van der Waals surface area (Å²) in [5.74, 6) is 0.823. The number of carbonyl (C=O) groups excluding carboxylic acids is 1. The number of hydrogen-bond acceptors (Lipinski definition) is 3. The lowest BCUT2D eigenvalue weighted by Crippen LogP contribution is -2.13. The molecule has 0 aliphatic heterocycles. The predicted octanol–water partition coefficient (Wildman–Crippen LogP) is 3.68. The van der Waals surface area contributed by atoms with Gasteiger partial charge in [0.25, 0.3) is 0 Å². The number of carbonyl (C=O) groups is 1. The van der Waals surface area contributed by atoms with E-state index < -0.39 is 0 Å². The van der Waals surface area contributed by atoms with Gasteiger partial charge in [0.1, 0.15) is 5.75 Å². The normalized spacial score (nSPS) is 10.3. The highest BCUT2D eigenvalue weighted by atomic mass is 16.5. The van der Waals surface area contributed by atoms with Crippen LogP contribution in [0.15, 0.2) is 42.5 Å². The van der Waals surface area contributed by atoms with Crippen LogP contribution in [0.2, 0.25) is 0 Å². The molecule has 0 saturated heterocycles. The fourth-order valence-corrected chi connectivity index (χ4v) is 2.28. The van der Waals surface area contributed by atoms with Gasteiger partial charge in [0.15, 0.2) is 0 Å². The van der Waals surface area contributed by atoms with Crippen molar-refractivity contribution >= 4 is 17.3 Å². The van der Waals surface area contributed by atoms with Crippen LogP contribution in [-0.4, -0.2) is 12.5 Å². The first-order valence-corrected chi connectivity index (χ1v) is 7.39. The third-order valence-corrected chi connectivity index (χ3v) is 3.18. The molecular formula is C18H22N2O2. The minimum Gasteiger partial charge on any atom is -0.494 e. The molecule has 2 aromatic carbocycles. The summed E-state index contributed by atoms with van der Waals surface area (Å²) < 4.78 is 5.69. The minimum absolute atomic E-state index is 0.0328. The number of benzene rings is 2. The Balaban J connectivity index is 1.73. The van der Waals surface area contributed by atoms with E-state index in [0.717, 1.165) is 11.4 Å². The van der Waals surface area contributed by atoms with Crippen molar-refractivity contribution < 1.29 is 9.53 Å². The van der Waals surface area contributed by atoms with Crippen LogP contribution < -0.4 is 15.8 Å². The SMILES string of the molecule is Cc1cc(C)cc(OCCCC(=O)Nc2cccc(N)c2)c1. The maximum atomic E-state index is 11.8. The Labute approximate surface area is 131 Å². The molecule has 0 fully saturated rings. The van der Waals surface area contributed by atoms with E-state index in [1.54, 1.807) is 12.1 Å². The van der Waals surface area contributed by atoms with Crippen LogP contribution in [0, 0.1) is 13.8 Å². The summed E-state index contributed by atoms with van der Waals surface area (Å²) in [6.45, 7) is 4.60. The quantitative estimate of drug-likeness (QED) is 0.631. The van der Waals surface area contributed by atoms with E-state index in [2.05, 4.69) is 11.4 Å². The zero-order chi connectivity index (χ0) is 15.9. The average molecular weight is 298 g/mol. The first-order chi connectivity index (χ1) is 10.5. The fraction of sp³-hybridized carbons (Fsp3) is 0.278. The summed E-state index contributed by atoms with van der Waals surface area (Å²) in [5.41, 5.74) is 9.38. The molecule has 116 valence electrons. The summed E-state index contributed by atoms with van der Waals surface area (Å²) in [7, 11) is 0. The third kappa shape index (κ3) is 5.13. The number of hydrogen-bond donors (Lipinski definition) is 2. The van der Waals surface area contributed by atoms with Crippen LogP contribution in [0.1, 0.15) is 24.0 Å². The Bertz CT molecular complexity index is 633. The largest absolute Gasteiger partial charge is 0.494 e. The monoisotopic (exact) mass is 298 g/mol. The number of nitrogen functional groups attached to an aromatic ring is 1. The van der Waals surface area contributed by atoms with Gasteiger partial charge in [-0.25, -0.2) is 0 Å². The number of anilines is 2. The zero-order valence-corrected chi connectivity index (χ0v) is 13.1. The first kappa shape index (κ1) is 15.9. The highest BCUT2D eigenvalue weighted by Gasteiger charge is 2.03. The molecule has 3 N–H and O–H groups in total. The third-order valence-electron chi connectivity index (χ3n) is 3.18. The molecule has 0 spiro atoms. The zero-order valence-electron chi connectivity index (χ0n) is 13.1. The Kier molecular flexibility index (Phi) is 5.42. The van der Waals surface area contributed by atoms with Crippen molar-refractivity contribution in [2.45, 2.75) is 26.7 Å². The molecule has 1 amide bonds. The van der Waals surface area contributed by atoms with Crippen molar-refractivity contribution in [1.82, 2.24) is 0 Å². The molecule has 2 aromatic rings. The molecule has 2 rings (SSSR count). The molecule has 0 radical (unpaired) electrons. The van der Waals surface area contributed by atoms with E-state index in [0.29, 0.717) is 25.1 Å². The van der Waals surface area contributed by atoms with E-state index in [4.69, 9.17) is 10.5 Å². The second-order valence-corrected chi connectivity index (χ2v) is 5.45. The Morgan fingerprint density at radius 3 is 2.55 bits per heavy atom. The molecule has 4 heteroatoms. The van der Waals surface area contributed by atoms with Gasteiger partial charge >= 0.3 is 0 Å². The molecule has 0 heterocycles. The van der Waals surface area contributed by atoms with E-state index >= 15 is 0 Å². The molecule has 0 aliphatic carbocycles. The highest BCUT2D eigenvalue weighted by molar-refractivity contribution is 5.91. The van der Waals surface area contributed by atoms with Crippen molar-refractivity contribution in [2.75, 3.05) is 17.7 Å². The summed E-state index contributed by atoms with van der Waals surface area (Å²) in [6.07, 6.45) is 1.08. The van der Waals surface area contributed by atoms with Gasteiger partial charge in [0, 0.05) is 17.8 Å². The molecule has 0 bridgehead atoms. The highest BCUT2D eigenvalue weighted by Crippen LogP contribution is 2.17. The van der Waals surface area contributed by atoms with Crippen molar-refractivity contribution in [3.8, 4) is 5.75 Å². The first-order valence-electron chi connectivity index (χ1n) is 7.39. The molecule has 0 unspecified atom stereocenters. The molecule has 0 atom stereocenters. The van der Waals surface area contributed by atoms with Gasteiger partial charge in [-0.15, -0.1) is 0 Å². The van der Waals surface area contributed by atoms with Crippen LogP contribution in [0.25, 0.3) is 0 Å². The number of ether oxygens (including phenoxy) is 1. The van der Waals surface area contributed by atoms with Crippen LogP contribution in [0.3, 0.4) is 0 Å². The maximum absolute atomic E-state index is 11.8. The van der Waals surface area contributed by atoms with Gasteiger partial charge < -0.3 is 15.8 Å². The Hall–Kier alpha value is -2.49. The molecule has 22 heavy (non-hydrogen) atoms. The lowest BCUT2D eigenvalue weighted by molar-refractivity contribution is -0.116. The van der Waals surface area contributed by atoms with E-state index in [1.807, 2.05) is 38.1 Å². The number of rotatable bonds is 6.